The van der Waals surface area contributed by atoms with E-state index in [4.69, 9.17) is 0 Å². The molecular formula is C25H28N2O. The van der Waals surface area contributed by atoms with Crippen LogP contribution in [0.25, 0.3) is 10.9 Å². The SMILES string of the molecule is Cc1ccc2cc3n(c2c1)CC(CC1CCN(Cc2ccccc2)CC1)C3=O. The summed E-state index contributed by atoms with van der Waals surface area (Å²) in [6.45, 7) is 6.33. The molecule has 0 spiro atoms. The Bertz CT molecular complexity index is 996. The molecule has 0 bridgehead atoms. The van der Waals surface area contributed by atoms with Gasteiger partial charge in [0.15, 0.2) is 5.78 Å². The van der Waals surface area contributed by atoms with E-state index in [1.807, 2.05) is 0 Å². The summed E-state index contributed by atoms with van der Waals surface area (Å²) >= 11 is 0. The molecule has 0 aliphatic carbocycles. The molecule has 28 heavy (non-hydrogen) atoms. The molecule has 1 unspecified atom stereocenters. The van der Waals surface area contributed by atoms with E-state index in [9.17, 15) is 4.79 Å². The Hall–Kier alpha value is -2.39. The second-order valence-electron chi connectivity index (χ2n) is 8.70. The van der Waals surface area contributed by atoms with Crippen LogP contribution < -0.4 is 0 Å². The van der Waals surface area contributed by atoms with E-state index in [-0.39, 0.29) is 5.92 Å². The van der Waals surface area contributed by atoms with Gasteiger partial charge < -0.3 is 4.57 Å². The zero-order valence-electron chi connectivity index (χ0n) is 16.6. The van der Waals surface area contributed by atoms with E-state index in [0.717, 1.165) is 38.3 Å². The minimum absolute atomic E-state index is 0.172. The first-order valence-electron chi connectivity index (χ1n) is 10.6. The lowest BCUT2D eigenvalue weighted by Crippen LogP contribution is -2.34. The minimum atomic E-state index is 0.172. The van der Waals surface area contributed by atoms with Crippen molar-refractivity contribution in [3.63, 3.8) is 0 Å². The summed E-state index contributed by atoms with van der Waals surface area (Å²) in [6, 6.07) is 19.3. The number of aromatic nitrogens is 1. The molecule has 144 valence electrons. The molecule has 2 aliphatic rings. The summed E-state index contributed by atoms with van der Waals surface area (Å²) in [5.74, 6) is 1.21. The average Bonchev–Trinajstić information content (AvgIpc) is 3.21. The van der Waals surface area contributed by atoms with Gasteiger partial charge in [-0.2, -0.15) is 0 Å². The predicted octanol–water partition coefficient (Wildman–Crippen LogP) is 5.06. The van der Waals surface area contributed by atoms with Gasteiger partial charge in [-0.1, -0.05) is 42.5 Å². The molecule has 0 radical (unpaired) electrons. The molecule has 0 N–H and O–H groups in total. The first-order chi connectivity index (χ1) is 13.7. The second kappa shape index (κ2) is 7.21. The Morgan fingerprint density at radius 2 is 1.79 bits per heavy atom. The number of fused-ring (bicyclic) bond motifs is 3. The van der Waals surface area contributed by atoms with Crippen LogP contribution in [0.3, 0.4) is 0 Å². The lowest BCUT2D eigenvalue weighted by atomic mass is 9.85. The number of hydrogen-bond donors (Lipinski definition) is 0. The third-order valence-electron chi connectivity index (χ3n) is 6.66. The van der Waals surface area contributed by atoms with Crippen molar-refractivity contribution < 1.29 is 4.79 Å². The third-order valence-corrected chi connectivity index (χ3v) is 6.66. The van der Waals surface area contributed by atoms with Gasteiger partial charge in [0.05, 0.1) is 5.69 Å². The van der Waals surface area contributed by atoms with Crippen molar-refractivity contribution >= 4 is 16.7 Å². The van der Waals surface area contributed by atoms with E-state index in [1.165, 1.54) is 34.9 Å². The first-order valence-corrected chi connectivity index (χ1v) is 10.6. The summed E-state index contributed by atoms with van der Waals surface area (Å²) in [7, 11) is 0. The maximum Gasteiger partial charge on any atom is 0.184 e. The maximum absolute atomic E-state index is 13.0. The summed E-state index contributed by atoms with van der Waals surface area (Å²) in [6.07, 6.45) is 3.48. The Morgan fingerprint density at radius 3 is 2.57 bits per heavy atom. The lowest BCUT2D eigenvalue weighted by Gasteiger charge is -2.32. The molecule has 5 rings (SSSR count). The fraction of sp³-hybridized carbons (Fsp3) is 0.400. The van der Waals surface area contributed by atoms with E-state index in [2.05, 4.69) is 71.0 Å². The average molecular weight is 373 g/mol. The first kappa shape index (κ1) is 17.7. The normalized spacial score (nSPS) is 20.8. The van der Waals surface area contributed by atoms with Crippen LogP contribution in [-0.2, 0) is 13.1 Å². The van der Waals surface area contributed by atoms with Crippen LogP contribution in [0.2, 0.25) is 0 Å². The van der Waals surface area contributed by atoms with Gasteiger partial charge in [0.25, 0.3) is 0 Å². The summed E-state index contributed by atoms with van der Waals surface area (Å²) in [5.41, 5.74) is 4.80. The lowest BCUT2D eigenvalue weighted by molar-refractivity contribution is 0.0894. The Morgan fingerprint density at radius 1 is 1.00 bits per heavy atom. The molecule has 1 aromatic heterocycles. The summed E-state index contributed by atoms with van der Waals surface area (Å²) in [5, 5.41) is 1.20. The standard InChI is InChI=1S/C25H28N2O/c1-18-7-8-21-15-24-25(28)22(17-27(24)23(21)13-18)14-19-9-11-26(12-10-19)16-20-5-3-2-4-6-20/h2-8,13,15,19,22H,9-12,14,16-17H2,1H3. The van der Waals surface area contributed by atoms with Gasteiger partial charge in [-0.25, -0.2) is 0 Å². The molecule has 2 aliphatic heterocycles. The van der Waals surface area contributed by atoms with Crippen molar-refractivity contribution in [2.45, 2.75) is 39.3 Å². The van der Waals surface area contributed by atoms with Crippen molar-refractivity contribution in [1.29, 1.82) is 0 Å². The predicted molar refractivity (Wildman–Crippen MR) is 114 cm³/mol. The minimum Gasteiger partial charge on any atom is -0.337 e. The zero-order valence-corrected chi connectivity index (χ0v) is 16.6. The topological polar surface area (TPSA) is 25.2 Å². The largest absolute Gasteiger partial charge is 0.337 e. The number of benzene rings is 2. The third kappa shape index (κ3) is 3.29. The number of ketones is 1. The highest BCUT2D eigenvalue weighted by Crippen LogP contribution is 2.35. The van der Waals surface area contributed by atoms with Crippen LogP contribution in [0.4, 0.5) is 0 Å². The van der Waals surface area contributed by atoms with Gasteiger partial charge in [-0.3, -0.25) is 9.69 Å². The summed E-state index contributed by atoms with van der Waals surface area (Å²) in [4.78, 5) is 15.6. The Balaban J connectivity index is 1.21. The number of carbonyl (C=O) groups excluding carboxylic acids is 1. The van der Waals surface area contributed by atoms with Gasteiger partial charge in [-0.05, 0) is 68.5 Å². The zero-order chi connectivity index (χ0) is 19.1. The van der Waals surface area contributed by atoms with Crippen LogP contribution in [0.5, 0.6) is 0 Å². The number of rotatable bonds is 4. The number of hydrogen-bond acceptors (Lipinski definition) is 2. The number of nitrogens with zero attached hydrogens (tertiary/aromatic N) is 2. The highest BCUT2D eigenvalue weighted by molar-refractivity contribution is 6.03. The van der Waals surface area contributed by atoms with Crippen molar-refractivity contribution in [3.05, 3.63) is 71.4 Å². The van der Waals surface area contributed by atoms with Gasteiger partial charge in [0, 0.05) is 29.9 Å². The molecule has 0 saturated carbocycles. The molecule has 3 heterocycles. The van der Waals surface area contributed by atoms with Crippen LogP contribution >= 0.6 is 0 Å². The molecule has 3 nitrogen and oxygen atoms in total. The number of Topliss-reactive ketones (excluding diaryl/α,β-unsaturated/α-hetero) is 1. The number of likely N-dealkylation sites (tertiary alicyclic amines) is 1. The Labute approximate surface area is 167 Å². The van der Waals surface area contributed by atoms with Gasteiger partial charge in [0.2, 0.25) is 0 Å². The fourth-order valence-electron chi connectivity index (χ4n) is 5.08. The highest BCUT2D eigenvalue weighted by Gasteiger charge is 2.34. The second-order valence-corrected chi connectivity index (χ2v) is 8.70. The van der Waals surface area contributed by atoms with E-state index >= 15 is 0 Å². The Kier molecular flexibility index (Phi) is 4.56. The van der Waals surface area contributed by atoms with Crippen LogP contribution in [-0.4, -0.2) is 28.3 Å². The van der Waals surface area contributed by atoms with Gasteiger partial charge in [0.1, 0.15) is 0 Å². The number of piperidine rings is 1. The van der Waals surface area contributed by atoms with Crippen molar-refractivity contribution in [3.8, 4) is 0 Å². The molecule has 0 amide bonds. The van der Waals surface area contributed by atoms with E-state index in [1.54, 1.807) is 0 Å². The van der Waals surface area contributed by atoms with Gasteiger partial charge in [-0.15, -0.1) is 0 Å². The molecule has 1 saturated heterocycles. The van der Waals surface area contributed by atoms with Crippen molar-refractivity contribution in [1.82, 2.24) is 9.47 Å². The quantitative estimate of drug-likeness (QED) is 0.639. The fourth-order valence-corrected chi connectivity index (χ4v) is 5.08. The number of aryl methyl sites for hydroxylation is 1. The van der Waals surface area contributed by atoms with Crippen LogP contribution in [0.1, 0.15) is 40.9 Å². The monoisotopic (exact) mass is 372 g/mol. The molecule has 1 fully saturated rings. The van der Waals surface area contributed by atoms with E-state index in [0.29, 0.717) is 11.7 Å². The van der Waals surface area contributed by atoms with Crippen molar-refractivity contribution in [2.75, 3.05) is 13.1 Å². The maximum atomic E-state index is 13.0. The van der Waals surface area contributed by atoms with Crippen LogP contribution in [0.15, 0.2) is 54.6 Å². The molecule has 2 aromatic carbocycles. The van der Waals surface area contributed by atoms with Gasteiger partial charge >= 0.3 is 0 Å². The van der Waals surface area contributed by atoms with Crippen LogP contribution in [0, 0.1) is 18.8 Å². The van der Waals surface area contributed by atoms with E-state index < -0.39 is 0 Å². The highest BCUT2D eigenvalue weighted by atomic mass is 16.1. The smallest absolute Gasteiger partial charge is 0.184 e. The summed E-state index contributed by atoms with van der Waals surface area (Å²) < 4.78 is 2.26. The van der Waals surface area contributed by atoms with Crippen molar-refractivity contribution in [2.24, 2.45) is 11.8 Å². The molecule has 1 atom stereocenters. The molecular weight excluding hydrogens is 344 g/mol. The molecule has 3 aromatic rings. The number of carbonyl (C=O) groups is 1. The molecule has 3 heteroatoms.